The van der Waals surface area contributed by atoms with Crippen molar-refractivity contribution in [3.05, 3.63) is 24.0 Å². The Morgan fingerprint density at radius 1 is 1.32 bits per heavy atom. The molecule has 1 N–H and O–H groups in total. The fourth-order valence-corrected chi connectivity index (χ4v) is 1.95. The van der Waals surface area contributed by atoms with Gasteiger partial charge in [-0.05, 0) is 51.7 Å². The minimum atomic E-state index is 0.338. The highest BCUT2D eigenvalue weighted by molar-refractivity contribution is 5.26. The highest BCUT2D eigenvalue weighted by Gasteiger charge is 2.12. The van der Waals surface area contributed by atoms with Gasteiger partial charge in [0, 0.05) is 12.2 Å². The number of nitrogens with one attached hydrogen (secondary N) is 1. The van der Waals surface area contributed by atoms with Crippen LogP contribution < -0.4 is 10.1 Å². The lowest BCUT2D eigenvalue weighted by atomic mass is 10.1. The average Bonchev–Trinajstić information content (AvgIpc) is 2.41. The molecule has 0 aliphatic carbocycles. The molecule has 0 aliphatic rings. The van der Waals surface area contributed by atoms with Crippen molar-refractivity contribution in [2.45, 2.75) is 32.7 Å². The Hall–Kier alpha value is -1.13. The molecule has 0 amide bonds. The van der Waals surface area contributed by atoms with Crippen molar-refractivity contribution in [2.24, 2.45) is 0 Å². The molecule has 4 nitrogen and oxygen atoms in total. The van der Waals surface area contributed by atoms with Crippen molar-refractivity contribution in [3.63, 3.8) is 0 Å². The monoisotopic (exact) mass is 265 g/mol. The molecule has 0 aromatic carbocycles. The zero-order valence-electron chi connectivity index (χ0n) is 12.6. The van der Waals surface area contributed by atoms with Crippen LogP contribution in [0, 0.1) is 0 Å². The van der Waals surface area contributed by atoms with Gasteiger partial charge in [-0.25, -0.2) is 0 Å². The first-order chi connectivity index (χ1) is 9.17. The second-order valence-corrected chi connectivity index (χ2v) is 5.00. The summed E-state index contributed by atoms with van der Waals surface area (Å²) >= 11 is 0. The number of ether oxygens (including phenoxy) is 1. The molecule has 1 atom stereocenters. The van der Waals surface area contributed by atoms with Crippen LogP contribution in [0.1, 0.15) is 38.3 Å². The van der Waals surface area contributed by atoms with Crippen LogP contribution >= 0.6 is 0 Å². The first-order valence-electron chi connectivity index (χ1n) is 7.13. The van der Waals surface area contributed by atoms with E-state index in [1.165, 1.54) is 5.56 Å². The van der Waals surface area contributed by atoms with Crippen LogP contribution in [-0.4, -0.2) is 43.7 Å². The number of hydrogen-bond acceptors (Lipinski definition) is 4. The molecule has 0 bridgehead atoms. The summed E-state index contributed by atoms with van der Waals surface area (Å²) in [4.78, 5) is 6.49. The van der Waals surface area contributed by atoms with Gasteiger partial charge in [-0.1, -0.05) is 13.8 Å². The normalized spacial score (nSPS) is 12.7. The quantitative estimate of drug-likeness (QED) is 0.744. The summed E-state index contributed by atoms with van der Waals surface area (Å²) in [5, 5.41) is 3.52. The van der Waals surface area contributed by atoms with Gasteiger partial charge < -0.3 is 15.0 Å². The van der Waals surface area contributed by atoms with Gasteiger partial charge >= 0.3 is 0 Å². The molecule has 19 heavy (non-hydrogen) atoms. The van der Waals surface area contributed by atoms with Crippen LogP contribution in [0.15, 0.2) is 18.5 Å². The molecule has 108 valence electrons. The molecule has 1 heterocycles. The van der Waals surface area contributed by atoms with Crippen LogP contribution in [0.4, 0.5) is 0 Å². The van der Waals surface area contributed by atoms with Crippen LogP contribution in [0.3, 0.4) is 0 Å². The molecule has 0 spiro atoms. The van der Waals surface area contributed by atoms with Gasteiger partial charge in [-0.2, -0.15) is 0 Å². The fraction of sp³-hybridized carbons (Fsp3) is 0.667. The predicted octanol–water partition coefficient (Wildman–Crippen LogP) is 2.47. The van der Waals surface area contributed by atoms with Crippen LogP contribution in [0.5, 0.6) is 5.75 Å². The van der Waals surface area contributed by atoms with Crippen molar-refractivity contribution in [1.29, 1.82) is 0 Å². The van der Waals surface area contributed by atoms with E-state index in [1.54, 1.807) is 6.20 Å². The van der Waals surface area contributed by atoms with E-state index in [1.807, 2.05) is 6.20 Å². The van der Waals surface area contributed by atoms with Crippen molar-refractivity contribution in [2.75, 3.05) is 33.8 Å². The van der Waals surface area contributed by atoms with Gasteiger partial charge in [0.2, 0.25) is 0 Å². The second kappa shape index (κ2) is 8.88. The zero-order valence-corrected chi connectivity index (χ0v) is 12.6. The highest BCUT2D eigenvalue weighted by Crippen LogP contribution is 2.20. The molecule has 1 aromatic rings. The Kier molecular flexibility index (Phi) is 7.45. The molecule has 0 saturated heterocycles. The maximum absolute atomic E-state index is 5.65. The Balaban J connectivity index is 2.71. The SMILES string of the molecule is CCCOc1cncc(C(CCN(C)C)NCC)c1. The van der Waals surface area contributed by atoms with Gasteiger partial charge in [-0.3, -0.25) is 4.98 Å². The maximum atomic E-state index is 5.65. The number of pyridine rings is 1. The summed E-state index contributed by atoms with van der Waals surface area (Å²) < 4.78 is 5.65. The summed E-state index contributed by atoms with van der Waals surface area (Å²) in [6, 6.07) is 2.44. The smallest absolute Gasteiger partial charge is 0.137 e. The van der Waals surface area contributed by atoms with Crippen LogP contribution in [0.2, 0.25) is 0 Å². The lowest BCUT2D eigenvalue weighted by Gasteiger charge is -2.20. The van der Waals surface area contributed by atoms with E-state index in [0.717, 1.165) is 38.3 Å². The number of rotatable bonds is 9. The van der Waals surface area contributed by atoms with Crippen molar-refractivity contribution in [3.8, 4) is 5.75 Å². The third kappa shape index (κ3) is 6.03. The van der Waals surface area contributed by atoms with E-state index in [0.29, 0.717) is 6.04 Å². The van der Waals surface area contributed by atoms with E-state index in [2.05, 4.69) is 49.2 Å². The Morgan fingerprint density at radius 2 is 2.11 bits per heavy atom. The van der Waals surface area contributed by atoms with E-state index in [4.69, 9.17) is 4.74 Å². The summed E-state index contributed by atoms with van der Waals surface area (Å²) in [7, 11) is 4.20. The predicted molar refractivity (Wildman–Crippen MR) is 79.6 cm³/mol. The molecule has 0 aliphatic heterocycles. The van der Waals surface area contributed by atoms with Crippen molar-refractivity contribution < 1.29 is 4.74 Å². The molecule has 0 radical (unpaired) electrons. The molecule has 1 aromatic heterocycles. The summed E-state index contributed by atoms with van der Waals surface area (Å²) in [6.45, 7) is 6.99. The first-order valence-corrected chi connectivity index (χ1v) is 7.13. The molecule has 1 unspecified atom stereocenters. The molecule has 4 heteroatoms. The van der Waals surface area contributed by atoms with Gasteiger partial charge in [0.1, 0.15) is 5.75 Å². The summed E-state index contributed by atoms with van der Waals surface area (Å²) in [6.07, 6.45) is 5.80. The van der Waals surface area contributed by atoms with E-state index in [-0.39, 0.29) is 0 Å². The van der Waals surface area contributed by atoms with Gasteiger partial charge in [0.15, 0.2) is 0 Å². The van der Waals surface area contributed by atoms with Gasteiger partial charge in [0.25, 0.3) is 0 Å². The Bertz CT molecular complexity index is 355. The lowest BCUT2D eigenvalue weighted by molar-refractivity contribution is 0.314. The topological polar surface area (TPSA) is 37.4 Å². The second-order valence-electron chi connectivity index (χ2n) is 5.00. The maximum Gasteiger partial charge on any atom is 0.137 e. The third-order valence-corrected chi connectivity index (χ3v) is 2.93. The zero-order chi connectivity index (χ0) is 14.1. The van der Waals surface area contributed by atoms with E-state index >= 15 is 0 Å². The minimum Gasteiger partial charge on any atom is -0.492 e. The Morgan fingerprint density at radius 3 is 2.74 bits per heavy atom. The Labute approximate surface area is 117 Å². The van der Waals surface area contributed by atoms with Crippen molar-refractivity contribution in [1.82, 2.24) is 15.2 Å². The third-order valence-electron chi connectivity index (χ3n) is 2.93. The van der Waals surface area contributed by atoms with Crippen molar-refractivity contribution >= 4 is 0 Å². The summed E-state index contributed by atoms with van der Waals surface area (Å²) in [5.41, 5.74) is 1.21. The van der Waals surface area contributed by atoms with E-state index < -0.39 is 0 Å². The van der Waals surface area contributed by atoms with Crippen LogP contribution in [-0.2, 0) is 0 Å². The molecule has 1 rings (SSSR count). The highest BCUT2D eigenvalue weighted by atomic mass is 16.5. The number of hydrogen-bond donors (Lipinski definition) is 1. The average molecular weight is 265 g/mol. The fourth-order valence-electron chi connectivity index (χ4n) is 1.95. The first kappa shape index (κ1) is 15.9. The largest absolute Gasteiger partial charge is 0.492 e. The number of nitrogens with zero attached hydrogens (tertiary/aromatic N) is 2. The van der Waals surface area contributed by atoms with Crippen LogP contribution in [0.25, 0.3) is 0 Å². The lowest BCUT2D eigenvalue weighted by Crippen LogP contribution is -2.25. The summed E-state index contributed by atoms with van der Waals surface area (Å²) in [5.74, 6) is 0.868. The number of aromatic nitrogens is 1. The van der Waals surface area contributed by atoms with Gasteiger partial charge in [0.05, 0.1) is 12.8 Å². The molecular weight excluding hydrogens is 238 g/mol. The molecule has 0 saturated carbocycles. The van der Waals surface area contributed by atoms with Gasteiger partial charge in [-0.15, -0.1) is 0 Å². The minimum absolute atomic E-state index is 0.338. The standard InChI is InChI=1S/C15H27N3O/c1-5-9-19-14-10-13(11-16-12-14)15(17-6-2)7-8-18(3)4/h10-12,15,17H,5-9H2,1-4H3. The molecular formula is C15H27N3O. The molecule has 0 fully saturated rings. The van der Waals surface area contributed by atoms with E-state index in [9.17, 15) is 0 Å².